The molecular formula is C11H13ClN2OS. The van der Waals surface area contributed by atoms with Crippen LogP contribution in [0.1, 0.15) is 6.42 Å². The standard InChI is InChI=1S/C11H12N2OS.ClH/c1-2-4-10-9(3-1)11(13-15-10)14-8-5-6-12-7-8;/h1-4,8,12H,5-7H2;1H. The maximum Gasteiger partial charge on any atom is 0.233 e. The van der Waals surface area contributed by atoms with Crippen molar-refractivity contribution in [3.63, 3.8) is 0 Å². The van der Waals surface area contributed by atoms with E-state index in [-0.39, 0.29) is 18.5 Å². The van der Waals surface area contributed by atoms with Crippen molar-refractivity contribution in [3.8, 4) is 5.88 Å². The number of rotatable bonds is 2. The molecule has 1 unspecified atom stereocenters. The maximum atomic E-state index is 5.87. The van der Waals surface area contributed by atoms with Crippen LogP contribution in [0.3, 0.4) is 0 Å². The lowest BCUT2D eigenvalue weighted by atomic mass is 10.3. The summed E-state index contributed by atoms with van der Waals surface area (Å²) in [6.07, 6.45) is 1.36. The summed E-state index contributed by atoms with van der Waals surface area (Å²) in [5.41, 5.74) is 0. The summed E-state index contributed by atoms with van der Waals surface area (Å²) >= 11 is 1.50. The molecule has 86 valence electrons. The van der Waals surface area contributed by atoms with Crippen LogP contribution in [0.15, 0.2) is 24.3 Å². The van der Waals surface area contributed by atoms with Gasteiger partial charge in [0.05, 0.1) is 10.1 Å². The van der Waals surface area contributed by atoms with Gasteiger partial charge in [-0.2, -0.15) is 4.37 Å². The molecule has 0 amide bonds. The van der Waals surface area contributed by atoms with Crippen molar-refractivity contribution in [2.45, 2.75) is 12.5 Å². The first-order valence-electron chi connectivity index (χ1n) is 5.15. The number of nitrogens with one attached hydrogen (secondary N) is 1. The summed E-state index contributed by atoms with van der Waals surface area (Å²) < 4.78 is 11.4. The molecule has 3 nitrogen and oxygen atoms in total. The lowest BCUT2D eigenvalue weighted by Crippen LogP contribution is -2.19. The molecule has 1 saturated heterocycles. The molecule has 3 rings (SSSR count). The minimum atomic E-state index is 0. The molecule has 1 N–H and O–H groups in total. The predicted molar refractivity (Wildman–Crippen MR) is 68.8 cm³/mol. The molecule has 5 heteroatoms. The van der Waals surface area contributed by atoms with Gasteiger partial charge in [0.1, 0.15) is 6.10 Å². The smallest absolute Gasteiger partial charge is 0.233 e. The van der Waals surface area contributed by atoms with E-state index in [4.69, 9.17) is 4.74 Å². The molecule has 0 aliphatic carbocycles. The Morgan fingerprint density at radius 2 is 2.25 bits per heavy atom. The summed E-state index contributed by atoms with van der Waals surface area (Å²) in [5.74, 6) is 0.796. The lowest BCUT2D eigenvalue weighted by molar-refractivity contribution is 0.219. The Morgan fingerprint density at radius 3 is 3.06 bits per heavy atom. The summed E-state index contributed by atoms with van der Waals surface area (Å²) in [7, 11) is 0. The van der Waals surface area contributed by atoms with Crippen LogP contribution >= 0.6 is 23.9 Å². The molecular weight excluding hydrogens is 244 g/mol. The second kappa shape index (κ2) is 4.99. The summed E-state index contributed by atoms with van der Waals surface area (Å²) in [6.45, 7) is 1.98. The SMILES string of the molecule is Cl.c1ccc2c(OC3CCNC3)nsc2c1. The summed E-state index contributed by atoms with van der Waals surface area (Å²) in [6, 6.07) is 8.20. The largest absolute Gasteiger partial charge is 0.472 e. The molecule has 1 fully saturated rings. The van der Waals surface area contributed by atoms with Gasteiger partial charge in [0.25, 0.3) is 0 Å². The highest BCUT2D eigenvalue weighted by atomic mass is 35.5. The predicted octanol–water partition coefficient (Wildman–Crippen LogP) is 2.46. The van der Waals surface area contributed by atoms with Crippen LogP contribution in [0.5, 0.6) is 5.88 Å². The minimum Gasteiger partial charge on any atom is -0.472 e. The zero-order chi connectivity index (χ0) is 10.1. The molecule has 0 saturated carbocycles. The second-order valence-corrected chi connectivity index (χ2v) is 4.52. The van der Waals surface area contributed by atoms with E-state index in [1.165, 1.54) is 16.2 Å². The van der Waals surface area contributed by atoms with Crippen molar-refractivity contribution in [3.05, 3.63) is 24.3 Å². The van der Waals surface area contributed by atoms with Gasteiger partial charge in [-0.05, 0) is 36.6 Å². The Bertz CT molecular complexity index is 468. The van der Waals surface area contributed by atoms with Gasteiger partial charge in [0.2, 0.25) is 5.88 Å². The van der Waals surface area contributed by atoms with Crippen molar-refractivity contribution in [1.82, 2.24) is 9.69 Å². The van der Waals surface area contributed by atoms with Crippen molar-refractivity contribution in [1.29, 1.82) is 0 Å². The molecule has 1 aliphatic rings. The fraction of sp³-hybridized carbons (Fsp3) is 0.364. The number of benzene rings is 1. The highest BCUT2D eigenvalue weighted by Gasteiger charge is 2.18. The highest BCUT2D eigenvalue weighted by molar-refractivity contribution is 7.13. The quantitative estimate of drug-likeness (QED) is 0.896. The Labute approximate surface area is 104 Å². The van der Waals surface area contributed by atoms with Gasteiger partial charge in [-0.15, -0.1) is 12.4 Å². The third-order valence-corrected chi connectivity index (χ3v) is 3.45. The lowest BCUT2D eigenvalue weighted by Gasteiger charge is -2.09. The molecule has 0 radical (unpaired) electrons. The normalized spacial score (nSPS) is 19.6. The number of fused-ring (bicyclic) bond motifs is 1. The number of hydrogen-bond acceptors (Lipinski definition) is 4. The Kier molecular flexibility index (Phi) is 3.63. The molecule has 1 aliphatic heterocycles. The molecule has 0 bridgehead atoms. The number of nitrogens with zero attached hydrogens (tertiary/aromatic N) is 1. The maximum absolute atomic E-state index is 5.87. The molecule has 2 heterocycles. The zero-order valence-electron chi connectivity index (χ0n) is 8.68. The average molecular weight is 257 g/mol. The van der Waals surface area contributed by atoms with Crippen LogP contribution in [-0.2, 0) is 0 Å². The van der Waals surface area contributed by atoms with Crippen LogP contribution in [0.4, 0.5) is 0 Å². The Balaban J connectivity index is 0.000000963. The van der Waals surface area contributed by atoms with Crippen LogP contribution < -0.4 is 10.1 Å². The van der Waals surface area contributed by atoms with E-state index >= 15 is 0 Å². The Morgan fingerprint density at radius 1 is 1.38 bits per heavy atom. The van der Waals surface area contributed by atoms with Crippen molar-refractivity contribution < 1.29 is 4.74 Å². The fourth-order valence-corrected chi connectivity index (χ4v) is 2.55. The van der Waals surface area contributed by atoms with Crippen LogP contribution in [0.2, 0.25) is 0 Å². The first-order chi connectivity index (χ1) is 7.43. The van der Waals surface area contributed by atoms with Crippen LogP contribution in [0, 0.1) is 0 Å². The van der Waals surface area contributed by atoms with Crippen molar-refractivity contribution >= 4 is 34.0 Å². The van der Waals surface area contributed by atoms with E-state index in [2.05, 4.69) is 21.8 Å². The van der Waals surface area contributed by atoms with Crippen LogP contribution in [0.25, 0.3) is 10.1 Å². The highest BCUT2D eigenvalue weighted by Crippen LogP contribution is 2.29. The zero-order valence-corrected chi connectivity index (χ0v) is 10.3. The van der Waals surface area contributed by atoms with E-state index in [9.17, 15) is 0 Å². The molecule has 1 aromatic heterocycles. The van der Waals surface area contributed by atoms with E-state index in [1.807, 2.05) is 12.1 Å². The molecule has 2 aromatic rings. The number of ether oxygens (including phenoxy) is 1. The van der Waals surface area contributed by atoms with E-state index in [1.54, 1.807) is 0 Å². The number of aromatic nitrogens is 1. The minimum absolute atomic E-state index is 0. The first kappa shape index (κ1) is 11.6. The van der Waals surface area contributed by atoms with Crippen molar-refractivity contribution in [2.24, 2.45) is 0 Å². The molecule has 1 atom stereocenters. The van der Waals surface area contributed by atoms with Gasteiger partial charge in [-0.25, -0.2) is 0 Å². The molecule has 16 heavy (non-hydrogen) atoms. The van der Waals surface area contributed by atoms with Gasteiger partial charge in [0.15, 0.2) is 0 Å². The van der Waals surface area contributed by atoms with E-state index in [0.29, 0.717) is 0 Å². The summed E-state index contributed by atoms with van der Waals surface area (Å²) in [5, 5.41) is 4.42. The Hall–Kier alpha value is -0.840. The average Bonchev–Trinajstić information content (AvgIpc) is 2.89. The van der Waals surface area contributed by atoms with Gasteiger partial charge < -0.3 is 10.1 Å². The topological polar surface area (TPSA) is 34.1 Å². The summed E-state index contributed by atoms with van der Waals surface area (Å²) in [4.78, 5) is 0. The van der Waals surface area contributed by atoms with Gasteiger partial charge in [-0.3, -0.25) is 0 Å². The fourth-order valence-electron chi connectivity index (χ4n) is 1.83. The van der Waals surface area contributed by atoms with Gasteiger partial charge in [-0.1, -0.05) is 12.1 Å². The third-order valence-electron chi connectivity index (χ3n) is 2.64. The van der Waals surface area contributed by atoms with Crippen LogP contribution in [-0.4, -0.2) is 23.6 Å². The van der Waals surface area contributed by atoms with Gasteiger partial charge in [0, 0.05) is 6.54 Å². The monoisotopic (exact) mass is 256 g/mol. The molecule has 1 aromatic carbocycles. The first-order valence-corrected chi connectivity index (χ1v) is 5.92. The van der Waals surface area contributed by atoms with E-state index < -0.39 is 0 Å². The van der Waals surface area contributed by atoms with E-state index in [0.717, 1.165) is 30.8 Å². The number of halogens is 1. The molecule has 0 spiro atoms. The number of hydrogen-bond donors (Lipinski definition) is 1. The third kappa shape index (κ3) is 2.14. The van der Waals surface area contributed by atoms with Crippen molar-refractivity contribution in [2.75, 3.05) is 13.1 Å². The second-order valence-electron chi connectivity index (χ2n) is 3.72. The van der Waals surface area contributed by atoms with Gasteiger partial charge >= 0.3 is 0 Å².